The van der Waals surface area contributed by atoms with Crippen LogP contribution in [0, 0.1) is 6.92 Å². The van der Waals surface area contributed by atoms with Crippen molar-refractivity contribution in [2.75, 3.05) is 19.6 Å². The third kappa shape index (κ3) is 3.51. The average molecular weight is 296 g/mol. The van der Waals surface area contributed by atoms with E-state index in [9.17, 15) is 0 Å². The molecule has 1 atom stereocenters. The van der Waals surface area contributed by atoms with Crippen LogP contribution in [0.15, 0.2) is 36.7 Å². The molecule has 2 heterocycles. The molecule has 0 spiro atoms. The lowest BCUT2D eigenvalue weighted by molar-refractivity contribution is 0.151. The van der Waals surface area contributed by atoms with Gasteiger partial charge in [-0.1, -0.05) is 31.2 Å². The van der Waals surface area contributed by atoms with Crippen molar-refractivity contribution >= 4 is 0 Å². The van der Waals surface area contributed by atoms with Crippen molar-refractivity contribution in [3.8, 4) is 0 Å². The first-order chi connectivity index (χ1) is 10.8. The van der Waals surface area contributed by atoms with Gasteiger partial charge >= 0.3 is 0 Å². The predicted molar refractivity (Wildman–Crippen MR) is 88.6 cm³/mol. The second-order valence-electron chi connectivity index (χ2n) is 5.93. The minimum atomic E-state index is 0.405. The highest BCUT2D eigenvalue weighted by Crippen LogP contribution is 2.24. The molecule has 1 aromatic carbocycles. The van der Waals surface area contributed by atoms with E-state index in [-0.39, 0.29) is 0 Å². The zero-order valence-electron chi connectivity index (χ0n) is 13.4. The molecule has 1 fully saturated rings. The van der Waals surface area contributed by atoms with Crippen molar-refractivity contribution in [1.29, 1.82) is 0 Å². The molecule has 116 valence electrons. The van der Waals surface area contributed by atoms with Gasteiger partial charge in [0, 0.05) is 44.6 Å². The van der Waals surface area contributed by atoms with E-state index in [0.717, 1.165) is 44.0 Å². The Labute approximate surface area is 132 Å². The van der Waals surface area contributed by atoms with E-state index in [2.05, 4.69) is 51.4 Å². The highest BCUT2D eigenvalue weighted by atomic mass is 15.2. The molecule has 2 aromatic rings. The maximum atomic E-state index is 4.50. The fourth-order valence-corrected chi connectivity index (χ4v) is 2.95. The molecule has 0 bridgehead atoms. The number of aryl methyl sites for hydroxylation is 2. The largest absolute Gasteiger partial charge is 0.314 e. The van der Waals surface area contributed by atoms with Crippen LogP contribution in [0.1, 0.15) is 35.5 Å². The van der Waals surface area contributed by atoms with Crippen molar-refractivity contribution in [2.24, 2.45) is 0 Å². The predicted octanol–water partition coefficient (Wildman–Crippen LogP) is 2.49. The maximum Gasteiger partial charge on any atom is 0.0727 e. The summed E-state index contributed by atoms with van der Waals surface area (Å²) in [5.74, 6) is 0. The van der Waals surface area contributed by atoms with Crippen molar-refractivity contribution in [1.82, 2.24) is 20.2 Å². The lowest BCUT2D eigenvalue weighted by Gasteiger charge is -2.36. The first-order valence-electron chi connectivity index (χ1n) is 8.07. The number of hydrogen-bond donors (Lipinski definition) is 1. The van der Waals surface area contributed by atoms with Crippen LogP contribution in [0.2, 0.25) is 0 Å². The number of nitrogens with one attached hydrogen (secondary N) is 1. The first kappa shape index (κ1) is 15.1. The summed E-state index contributed by atoms with van der Waals surface area (Å²) in [7, 11) is 0. The number of rotatable bonds is 4. The number of aromatic nitrogens is 2. The summed E-state index contributed by atoms with van der Waals surface area (Å²) < 4.78 is 0. The zero-order valence-corrected chi connectivity index (χ0v) is 13.4. The van der Waals surface area contributed by atoms with E-state index >= 15 is 0 Å². The molecule has 0 saturated carbocycles. The van der Waals surface area contributed by atoms with Gasteiger partial charge in [-0.25, -0.2) is 0 Å². The first-order valence-corrected chi connectivity index (χ1v) is 8.07. The quantitative estimate of drug-likeness (QED) is 0.941. The van der Waals surface area contributed by atoms with Gasteiger partial charge in [0.2, 0.25) is 0 Å². The molecule has 1 aliphatic heterocycles. The van der Waals surface area contributed by atoms with Gasteiger partial charge in [-0.15, -0.1) is 0 Å². The molecule has 0 radical (unpaired) electrons. The Morgan fingerprint density at radius 2 is 2.00 bits per heavy atom. The summed E-state index contributed by atoms with van der Waals surface area (Å²) in [6.45, 7) is 8.08. The standard InChI is InChI=1S/C18H24N4/c1-3-15-4-6-16(7-5-15)18-12-19-8-9-22(18)13-17-11-20-14(2)10-21-17/h4-7,10-11,18-19H,3,8-9,12-13H2,1-2H3. The fourth-order valence-electron chi connectivity index (χ4n) is 2.95. The molecular weight excluding hydrogens is 272 g/mol. The summed E-state index contributed by atoms with van der Waals surface area (Å²) in [5.41, 5.74) is 4.78. The van der Waals surface area contributed by atoms with Crippen LogP contribution in [-0.4, -0.2) is 34.5 Å². The molecule has 1 unspecified atom stereocenters. The van der Waals surface area contributed by atoms with E-state index < -0.39 is 0 Å². The Kier molecular flexibility index (Phi) is 4.80. The average Bonchev–Trinajstić information content (AvgIpc) is 2.58. The van der Waals surface area contributed by atoms with Crippen LogP contribution in [0.3, 0.4) is 0 Å². The van der Waals surface area contributed by atoms with Gasteiger partial charge in [0.15, 0.2) is 0 Å². The van der Waals surface area contributed by atoms with Crippen molar-refractivity contribution < 1.29 is 0 Å². The Hall–Kier alpha value is -1.78. The van der Waals surface area contributed by atoms with Crippen molar-refractivity contribution in [3.05, 3.63) is 59.2 Å². The molecule has 22 heavy (non-hydrogen) atoms. The smallest absolute Gasteiger partial charge is 0.0727 e. The number of hydrogen-bond acceptors (Lipinski definition) is 4. The second kappa shape index (κ2) is 6.99. The molecule has 1 saturated heterocycles. The molecule has 3 rings (SSSR count). The van der Waals surface area contributed by atoms with E-state index in [1.807, 2.05) is 19.3 Å². The summed E-state index contributed by atoms with van der Waals surface area (Å²) in [6.07, 6.45) is 4.84. The van der Waals surface area contributed by atoms with Crippen LogP contribution in [0.5, 0.6) is 0 Å². The van der Waals surface area contributed by atoms with Gasteiger partial charge in [0.25, 0.3) is 0 Å². The molecule has 0 amide bonds. The van der Waals surface area contributed by atoms with E-state index in [0.29, 0.717) is 6.04 Å². The molecule has 1 aromatic heterocycles. The third-order valence-electron chi connectivity index (χ3n) is 4.33. The Balaban J connectivity index is 1.76. The normalized spacial score (nSPS) is 19.3. The lowest BCUT2D eigenvalue weighted by atomic mass is 10.0. The lowest BCUT2D eigenvalue weighted by Crippen LogP contribution is -2.45. The Morgan fingerprint density at radius 1 is 1.18 bits per heavy atom. The van der Waals surface area contributed by atoms with Crippen LogP contribution >= 0.6 is 0 Å². The van der Waals surface area contributed by atoms with Crippen molar-refractivity contribution in [3.63, 3.8) is 0 Å². The van der Waals surface area contributed by atoms with Gasteiger partial charge in [-0.05, 0) is 24.5 Å². The SMILES string of the molecule is CCc1ccc(C2CNCCN2Cc2cnc(C)cn2)cc1. The van der Waals surface area contributed by atoms with E-state index in [1.165, 1.54) is 11.1 Å². The van der Waals surface area contributed by atoms with Gasteiger partial charge in [0.1, 0.15) is 0 Å². The van der Waals surface area contributed by atoms with Crippen LogP contribution < -0.4 is 5.32 Å². The van der Waals surface area contributed by atoms with Crippen LogP contribution in [-0.2, 0) is 13.0 Å². The molecule has 4 nitrogen and oxygen atoms in total. The monoisotopic (exact) mass is 296 g/mol. The molecule has 1 N–H and O–H groups in total. The van der Waals surface area contributed by atoms with E-state index in [4.69, 9.17) is 0 Å². The molecular formula is C18H24N4. The van der Waals surface area contributed by atoms with Crippen molar-refractivity contribution in [2.45, 2.75) is 32.9 Å². The topological polar surface area (TPSA) is 41.0 Å². The second-order valence-corrected chi connectivity index (χ2v) is 5.93. The maximum absolute atomic E-state index is 4.50. The third-order valence-corrected chi connectivity index (χ3v) is 4.33. The minimum Gasteiger partial charge on any atom is -0.314 e. The van der Waals surface area contributed by atoms with Gasteiger partial charge < -0.3 is 5.32 Å². The molecule has 4 heteroatoms. The van der Waals surface area contributed by atoms with Crippen LogP contribution in [0.4, 0.5) is 0 Å². The summed E-state index contributed by atoms with van der Waals surface area (Å²) >= 11 is 0. The molecule has 1 aliphatic rings. The fraction of sp³-hybridized carbons (Fsp3) is 0.444. The Morgan fingerprint density at radius 3 is 2.68 bits per heavy atom. The summed E-state index contributed by atoms with van der Waals surface area (Å²) in [6, 6.07) is 9.43. The molecule has 0 aliphatic carbocycles. The van der Waals surface area contributed by atoms with Crippen LogP contribution in [0.25, 0.3) is 0 Å². The minimum absolute atomic E-state index is 0.405. The van der Waals surface area contributed by atoms with Gasteiger partial charge in [0.05, 0.1) is 11.4 Å². The Bertz CT molecular complexity index is 591. The number of nitrogens with zero attached hydrogens (tertiary/aromatic N) is 3. The summed E-state index contributed by atoms with van der Waals surface area (Å²) in [4.78, 5) is 11.4. The van der Waals surface area contributed by atoms with Gasteiger partial charge in [-0.3, -0.25) is 14.9 Å². The number of benzene rings is 1. The highest BCUT2D eigenvalue weighted by molar-refractivity contribution is 5.26. The zero-order chi connectivity index (χ0) is 15.4. The highest BCUT2D eigenvalue weighted by Gasteiger charge is 2.24. The van der Waals surface area contributed by atoms with Gasteiger partial charge in [-0.2, -0.15) is 0 Å². The summed E-state index contributed by atoms with van der Waals surface area (Å²) in [5, 5.41) is 3.51. The van der Waals surface area contributed by atoms with E-state index in [1.54, 1.807) is 0 Å². The number of piperazine rings is 1.